The van der Waals surface area contributed by atoms with E-state index in [0.29, 0.717) is 5.92 Å². The van der Waals surface area contributed by atoms with Gasteiger partial charge in [-0.1, -0.05) is 29.8 Å². The fraction of sp³-hybridized carbons (Fsp3) is 0.917. The molecule has 3 nitrogen and oxygen atoms in total. The number of halogens is 1. The molecule has 1 atom stereocenters. The van der Waals surface area contributed by atoms with Gasteiger partial charge in [-0.3, -0.25) is 0 Å². The topological polar surface area (TPSA) is 38.3 Å². The smallest absolute Gasteiger partial charge is 0.407 e. The van der Waals surface area contributed by atoms with Crippen molar-refractivity contribution in [2.75, 3.05) is 5.33 Å². The predicted octanol–water partition coefficient (Wildman–Crippen LogP) is 3.71. The molecule has 0 saturated carbocycles. The minimum atomic E-state index is -0.430. The van der Waals surface area contributed by atoms with Gasteiger partial charge in [0.1, 0.15) is 5.60 Å². The van der Waals surface area contributed by atoms with E-state index in [1.807, 2.05) is 20.8 Å². The maximum absolute atomic E-state index is 11.6. The molecule has 1 N–H and O–H groups in total. The van der Waals surface area contributed by atoms with Gasteiger partial charge in [-0.05, 0) is 39.5 Å². The van der Waals surface area contributed by atoms with Gasteiger partial charge < -0.3 is 10.1 Å². The number of amides is 1. The van der Waals surface area contributed by atoms with Crippen LogP contribution >= 0.6 is 15.9 Å². The third kappa shape index (κ3) is 7.97. The van der Waals surface area contributed by atoms with E-state index in [0.717, 1.165) is 18.2 Å². The van der Waals surface area contributed by atoms with Crippen LogP contribution in [0.1, 0.15) is 47.5 Å². The summed E-state index contributed by atoms with van der Waals surface area (Å²) in [7, 11) is 0. The van der Waals surface area contributed by atoms with Crippen molar-refractivity contribution in [2.45, 2.75) is 59.1 Å². The van der Waals surface area contributed by atoms with E-state index in [9.17, 15) is 4.79 Å². The Morgan fingerprint density at radius 2 is 1.94 bits per heavy atom. The third-order valence-electron chi connectivity index (χ3n) is 2.16. The van der Waals surface area contributed by atoms with E-state index in [1.165, 1.54) is 0 Å². The fourth-order valence-corrected chi connectivity index (χ4v) is 1.65. The Morgan fingerprint density at radius 3 is 2.31 bits per heavy atom. The number of hydrogen-bond acceptors (Lipinski definition) is 2. The monoisotopic (exact) mass is 293 g/mol. The van der Waals surface area contributed by atoms with Gasteiger partial charge in [0.2, 0.25) is 0 Å². The number of nitrogens with one attached hydrogen (secondary N) is 1. The summed E-state index contributed by atoms with van der Waals surface area (Å²) in [4.78, 5) is 11.6. The molecule has 0 aromatic heterocycles. The molecule has 0 aromatic carbocycles. The lowest BCUT2D eigenvalue weighted by Crippen LogP contribution is -2.41. The number of ether oxygens (including phenoxy) is 1. The zero-order valence-corrected chi connectivity index (χ0v) is 12.6. The molecule has 0 bridgehead atoms. The SMILES string of the molecule is CC(C)C(CCCBr)NC(=O)OC(C)(C)C. The van der Waals surface area contributed by atoms with Crippen LogP contribution in [0.15, 0.2) is 0 Å². The Balaban J connectivity index is 4.13. The van der Waals surface area contributed by atoms with E-state index < -0.39 is 5.60 Å². The molecule has 4 heteroatoms. The number of alkyl halides is 1. The Bertz CT molecular complexity index is 212. The molecule has 0 aliphatic carbocycles. The number of alkyl carbamates (subject to hydrolysis) is 1. The van der Waals surface area contributed by atoms with E-state index in [-0.39, 0.29) is 12.1 Å². The molecule has 0 saturated heterocycles. The van der Waals surface area contributed by atoms with Crippen molar-refractivity contribution < 1.29 is 9.53 Å². The van der Waals surface area contributed by atoms with Crippen LogP contribution in [0.4, 0.5) is 4.79 Å². The number of rotatable bonds is 5. The number of carbonyl (C=O) groups excluding carboxylic acids is 1. The van der Waals surface area contributed by atoms with Gasteiger partial charge in [-0.2, -0.15) is 0 Å². The highest BCUT2D eigenvalue weighted by atomic mass is 79.9. The molecule has 0 radical (unpaired) electrons. The average molecular weight is 294 g/mol. The Labute approximate surface area is 107 Å². The van der Waals surface area contributed by atoms with E-state index in [2.05, 4.69) is 35.1 Å². The zero-order chi connectivity index (χ0) is 12.8. The summed E-state index contributed by atoms with van der Waals surface area (Å²) in [5.74, 6) is 0.423. The van der Waals surface area contributed by atoms with Crippen LogP contribution in [0.5, 0.6) is 0 Å². The highest BCUT2D eigenvalue weighted by Gasteiger charge is 2.20. The molecule has 1 amide bonds. The van der Waals surface area contributed by atoms with Gasteiger partial charge >= 0.3 is 6.09 Å². The van der Waals surface area contributed by atoms with Crippen LogP contribution in [0, 0.1) is 5.92 Å². The molecule has 0 aliphatic heterocycles. The van der Waals surface area contributed by atoms with Crippen molar-refractivity contribution in [3.05, 3.63) is 0 Å². The van der Waals surface area contributed by atoms with Crippen molar-refractivity contribution in [1.29, 1.82) is 0 Å². The summed E-state index contributed by atoms with van der Waals surface area (Å²) < 4.78 is 5.24. The molecule has 0 spiro atoms. The standard InChI is InChI=1S/C12H24BrNO2/c1-9(2)10(7-6-8-13)14-11(15)16-12(3,4)5/h9-10H,6-8H2,1-5H3,(H,14,15). The lowest BCUT2D eigenvalue weighted by molar-refractivity contribution is 0.0487. The highest BCUT2D eigenvalue weighted by molar-refractivity contribution is 9.09. The lowest BCUT2D eigenvalue weighted by Gasteiger charge is -2.25. The molecule has 96 valence electrons. The molecule has 0 fully saturated rings. The zero-order valence-electron chi connectivity index (χ0n) is 11.0. The predicted molar refractivity (Wildman–Crippen MR) is 71.0 cm³/mol. The maximum atomic E-state index is 11.6. The van der Waals surface area contributed by atoms with Crippen LogP contribution < -0.4 is 5.32 Å². The first-order chi connectivity index (χ1) is 7.26. The van der Waals surface area contributed by atoms with Crippen LogP contribution in [-0.4, -0.2) is 23.1 Å². The van der Waals surface area contributed by atoms with Gasteiger partial charge in [-0.25, -0.2) is 4.79 Å². The Morgan fingerprint density at radius 1 is 1.38 bits per heavy atom. The normalized spacial score (nSPS) is 13.7. The molecule has 0 heterocycles. The second kappa shape index (κ2) is 7.15. The quantitative estimate of drug-likeness (QED) is 0.785. The van der Waals surface area contributed by atoms with Crippen molar-refractivity contribution in [3.63, 3.8) is 0 Å². The Kier molecular flexibility index (Phi) is 7.04. The van der Waals surface area contributed by atoms with E-state index in [4.69, 9.17) is 4.74 Å². The molecular formula is C12H24BrNO2. The molecular weight excluding hydrogens is 270 g/mol. The van der Waals surface area contributed by atoms with Gasteiger partial charge in [0.15, 0.2) is 0 Å². The largest absolute Gasteiger partial charge is 0.444 e. The summed E-state index contributed by atoms with van der Waals surface area (Å²) >= 11 is 3.40. The van der Waals surface area contributed by atoms with Crippen molar-refractivity contribution in [3.8, 4) is 0 Å². The summed E-state index contributed by atoms with van der Waals surface area (Å²) in [6.45, 7) is 9.83. The van der Waals surface area contributed by atoms with Crippen LogP contribution in [-0.2, 0) is 4.74 Å². The second-order valence-corrected chi connectivity index (χ2v) is 6.12. The van der Waals surface area contributed by atoms with Crippen LogP contribution in [0.25, 0.3) is 0 Å². The van der Waals surface area contributed by atoms with Crippen molar-refractivity contribution >= 4 is 22.0 Å². The minimum Gasteiger partial charge on any atom is -0.444 e. The molecule has 0 aromatic rings. The van der Waals surface area contributed by atoms with Gasteiger partial charge in [0.05, 0.1) is 0 Å². The number of hydrogen-bond donors (Lipinski definition) is 1. The Hall–Kier alpha value is -0.250. The molecule has 16 heavy (non-hydrogen) atoms. The summed E-state index contributed by atoms with van der Waals surface area (Å²) in [5.41, 5.74) is -0.430. The lowest BCUT2D eigenvalue weighted by atomic mass is 10.00. The van der Waals surface area contributed by atoms with Crippen molar-refractivity contribution in [1.82, 2.24) is 5.32 Å². The first-order valence-corrected chi connectivity index (χ1v) is 6.94. The highest BCUT2D eigenvalue weighted by Crippen LogP contribution is 2.12. The number of carbonyl (C=O) groups is 1. The van der Waals surface area contributed by atoms with Crippen molar-refractivity contribution in [2.24, 2.45) is 5.92 Å². The molecule has 0 rings (SSSR count). The summed E-state index contributed by atoms with van der Waals surface area (Å²) in [6, 6.07) is 0.187. The van der Waals surface area contributed by atoms with Crippen LogP contribution in [0.2, 0.25) is 0 Å². The second-order valence-electron chi connectivity index (χ2n) is 5.33. The third-order valence-corrected chi connectivity index (χ3v) is 2.72. The van der Waals surface area contributed by atoms with Crippen LogP contribution in [0.3, 0.4) is 0 Å². The molecule has 0 aliphatic rings. The first-order valence-electron chi connectivity index (χ1n) is 5.81. The summed E-state index contributed by atoms with van der Waals surface area (Å²) in [5, 5.41) is 3.89. The van der Waals surface area contributed by atoms with Gasteiger partial charge in [-0.15, -0.1) is 0 Å². The summed E-state index contributed by atoms with van der Waals surface area (Å²) in [6.07, 6.45) is 1.71. The molecule has 1 unspecified atom stereocenters. The maximum Gasteiger partial charge on any atom is 0.407 e. The van der Waals surface area contributed by atoms with E-state index >= 15 is 0 Å². The average Bonchev–Trinajstić information content (AvgIpc) is 2.08. The first kappa shape index (κ1) is 15.8. The van der Waals surface area contributed by atoms with Gasteiger partial charge in [0.25, 0.3) is 0 Å². The fourth-order valence-electron chi connectivity index (χ4n) is 1.33. The van der Waals surface area contributed by atoms with E-state index in [1.54, 1.807) is 0 Å². The minimum absolute atomic E-state index is 0.187. The van der Waals surface area contributed by atoms with Gasteiger partial charge in [0, 0.05) is 11.4 Å².